The second kappa shape index (κ2) is 13.1. The third-order valence-electron chi connectivity index (χ3n) is 6.12. The van der Waals surface area contributed by atoms with Crippen LogP contribution in [0.3, 0.4) is 0 Å². The van der Waals surface area contributed by atoms with Crippen molar-refractivity contribution in [3.05, 3.63) is 58.9 Å². The van der Waals surface area contributed by atoms with E-state index in [0.29, 0.717) is 6.61 Å². The van der Waals surface area contributed by atoms with Crippen LogP contribution in [0.5, 0.6) is 11.5 Å². The van der Waals surface area contributed by atoms with Gasteiger partial charge >= 0.3 is 5.97 Å². The molecule has 0 bridgehead atoms. The van der Waals surface area contributed by atoms with Crippen molar-refractivity contribution < 1.29 is 32.2 Å². The molecule has 0 N–H and O–H groups in total. The van der Waals surface area contributed by atoms with Crippen molar-refractivity contribution in [1.82, 2.24) is 0 Å². The van der Waals surface area contributed by atoms with Crippen LogP contribution >= 0.6 is 0 Å². The van der Waals surface area contributed by atoms with Crippen molar-refractivity contribution in [2.45, 2.75) is 64.4 Å². The number of halogens is 3. The zero-order valence-electron chi connectivity index (χ0n) is 19.8. The molecule has 1 aliphatic carbocycles. The lowest BCUT2D eigenvalue weighted by molar-refractivity contribution is 0.0111. The molecule has 1 fully saturated rings. The standard InChI is InChI=1S/C27H30F3NO4/c1-2-3-4-5-12-33-20-9-6-18(7-10-20)17-34-22-14-24(29)26(25(30)15-22)27(32)35-21-11-8-19(16-31)23(28)13-21/h8,11,13-15,18,20H,2-7,9-10,12,17H2,1H3/t18-,20-. The molecule has 0 amide bonds. The Hall–Kier alpha value is -3.05. The van der Waals surface area contributed by atoms with Crippen LogP contribution in [0.15, 0.2) is 30.3 Å². The van der Waals surface area contributed by atoms with E-state index in [9.17, 15) is 18.0 Å². The van der Waals surface area contributed by atoms with Gasteiger partial charge in [-0.15, -0.1) is 0 Å². The zero-order valence-corrected chi connectivity index (χ0v) is 19.8. The van der Waals surface area contributed by atoms with Crippen LogP contribution < -0.4 is 9.47 Å². The van der Waals surface area contributed by atoms with Crippen LogP contribution in [0, 0.1) is 34.7 Å². The molecule has 0 atom stereocenters. The number of hydrogen-bond donors (Lipinski definition) is 0. The highest BCUT2D eigenvalue weighted by Gasteiger charge is 2.24. The number of esters is 1. The van der Waals surface area contributed by atoms with Gasteiger partial charge in [-0.1, -0.05) is 26.2 Å². The molecule has 2 aromatic rings. The molecule has 3 rings (SSSR count). The molecular formula is C27H30F3NO4. The highest BCUT2D eigenvalue weighted by molar-refractivity contribution is 5.91. The SMILES string of the molecule is CCCCCCO[C@H]1CC[C@H](COc2cc(F)c(C(=O)Oc3ccc(C#N)c(F)c3)c(F)c2)CC1. The van der Waals surface area contributed by atoms with Gasteiger partial charge in [0.2, 0.25) is 0 Å². The lowest BCUT2D eigenvalue weighted by atomic mass is 9.88. The molecule has 0 aliphatic heterocycles. The Kier molecular flexibility index (Phi) is 9.98. The van der Waals surface area contributed by atoms with Gasteiger partial charge in [-0.2, -0.15) is 5.26 Å². The monoisotopic (exact) mass is 489 g/mol. The fourth-order valence-corrected chi connectivity index (χ4v) is 4.09. The molecule has 0 aromatic heterocycles. The maximum Gasteiger partial charge on any atom is 0.349 e. The Morgan fingerprint density at radius 2 is 1.66 bits per heavy atom. The van der Waals surface area contributed by atoms with Gasteiger partial charge in [0.05, 0.1) is 18.3 Å². The molecule has 0 unspecified atom stereocenters. The number of unbranched alkanes of at least 4 members (excludes halogenated alkanes) is 3. The van der Waals surface area contributed by atoms with Crippen LogP contribution in [-0.4, -0.2) is 25.3 Å². The number of benzene rings is 2. The first kappa shape index (κ1) is 26.6. The number of carbonyl (C=O) groups is 1. The first-order chi connectivity index (χ1) is 16.9. The van der Waals surface area contributed by atoms with Crippen LogP contribution in [0.25, 0.3) is 0 Å². The highest BCUT2D eigenvalue weighted by Crippen LogP contribution is 2.29. The zero-order chi connectivity index (χ0) is 25.2. The van der Waals surface area contributed by atoms with Gasteiger partial charge in [-0.25, -0.2) is 18.0 Å². The van der Waals surface area contributed by atoms with Gasteiger partial charge in [0.25, 0.3) is 0 Å². The molecule has 5 nitrogen and oxygen atoms in total. The minimum absolute atomic E-state index is 0.0183. The maximum atomic E-state index is 14.5. The summed E-state index contributed by atoms with van der Waals surface area (Å²) in [6.07, 6.45) is 8.67. The molecule has 0 heterocycles. The van der Waals surface area contributed by atoms with Gasteiger partial charge in [0, 0.05) is 24.8 Å². The molecule has 35 heavy (non-hydrogen) atoms. The Morgan fingerprint density at radius 1 is 0.971 bits per heavy atom. The van der Waals surface area contributed by atoms with Gasteiger partial charge in [-0.3, -0.25) is 0 Å². The number of hydrogen-bond acceptors (Lipinski definition) is 5. The van der Waals surface area contributed by atoms with Gasteiger partial charge in [0.15, 0.2) is 0 Å². The summed E-state index contributed by atoms with van der Waals surface area (Å²) in [4.78, 5) is 12.3. The van der Waals surface area contributed by atoms with Gasteiger partial charge in [-0.05, 0) is 50.2 Å². The summed E-state index contributed by atoms with van der Waals surface area (Å²) in [5.74, 6) is -4.53. The Labute approximate surface area is 203 Å². The van der Waals surface area contributed by atoms with Gasteiger partial charge < -0.3 is 14.2 Å². The topological polar surface area (TPSA) is 68.6 Å². The van der Waals surface area contributed by atoms with Crippen molar-refractivity contribution in [1.29, 1.82) is 5.26 Å². The first-order valence-electron chi connectivity index (χ1n) is 12.1. The summed E-state index contributed by atoms with van der Waals surface area (Å²) >= 11 is 0. The molecule has 188 valence electrons. The number of nitriles is 1. The summed E-state index contributed by atoms with van der Waals surface area (Å²) in [6.45, 7) is 3.29. The van der Waals surface area contributed by atoms with E-state index in [1.807, 2.05) is 0 Å². The summed E-state index contributed by atoms with van der Waals surface area (Å²) in [7, 11) is 0. The fraction of sp³-hybridized carbons (Fsp3) is 0.481. The van der Waals surface area contributed by atoms with Crippen LogP contribution in [0.4, 0.5) is 13.2 Å². The van der Waals surface area contributed by atoms with Crippen LogP contribution in [0.1, 0.15) is 74.2 Å². The van der Waals surface area contributed by atoms with Crippen LogP contribution in [0.2, 0.25) is 0 Å². The van der Waals surface area contributed by atoms with E-state index in [0.717, 1.165) is 63.0 Å². The van der Waals surface area contributed by atoms with Crippen molar-refractivity contribution >= 4 is 5.97 Å². The molecule has 0 saturated heterocycles. The lowest BCUT2D eigenvalue weighted by Gasteiger charge is -2.28. The Bertz CT molecular complexity index is 1020. The van der Waals surface area contributed by atoms with Crippen molar-refractivity contribution in [2.75, 3.05) is 13.2 Å². The van der Waals surface area contributed by atoms with Crippen molar-refractivity contribution in [3.8, 4) is 17.6 Å². The number of nitrogens with zero attached hydrogens (tertiary/aromatic N) is 1. The predicted molar refractivity (Wildman–Crippen MR) is 124 cm³/mol. The molecule has 0 radical (unpaired) electrons. The van der Waals surface area contributed by atoms with Crippen LogP contribution in [-0.2, 0) is 4.74 Å². The third-order valence-corrected chi connectivity index (χ3v) is 6.12. The number of ether oxygens (including phenoxy) is 3. The molecule has 0 spiro atoms. The second-order valence-electron chi connectivity index (χ2n) is 8.79. The maximum absolute atomic E-state index is 14.5. The minimum atomic E-state index is -1.32. The predicted octanol–water partition coefficient (Wildman–Crippen LogP) is 6.73. The van der Waals surface area contributed by atoms with E-state index in [1.54, 1.807) is 6.07 Å². The molecule has 8 heteroatoms. The molecule has 1 aliphatic rings. The van der Waals surface area contributed by atoms with Gasteiger partial charge in [0.1, 0.15) is 40.6 Å². The summed E-state index contributed by atoms with van der Waals surface area (Å²) in [5, 5.41) is 8.75. The quantitative estimate of drug-likeness (QED) is 0.199. The Balaban J connectivity index is 1.49. The summed E-state index contributed by atoms with van der Waals surface area (Å²) in [6, 6.07) is 6.57. The minimum Gasteiger partial charge on any atom is -0.493 e. The average Bonchev–Trinajstić information content (AvgIpc) is 2.83. The van der Waals surface area contributed by atoms with E-state index in [4.69, 9.17) is 19.5 Å². The van der Waals surface area contributed by atoms with E-state index in [1.165, 1.54) is 25.3 Å². The van der Waals surface area contributed by atoms with E-state index in [2.05, 4.69) is 6.92 Å². The van der Waals surface area contributed by atoms with E-state index < -0.39 is 29.0 Å². The molecule has 2 aromatic carbocycles. The fourth-order valence-electron chi connectivity index (χ4n) is 4.09. The molecular weight excluding hydrogens is 459 g/mol. The Morgan fingerprint density at radius 3 is 2.29 bits per heavy atom. The normalized spacial score (nSPS) is 17.6. The second-order valence-corrected chi connectivity index (χ2v) is 8.79. The summed E-state index contributed by atoms with van der Waals surface area (Å²) < 4.78 is 59.2. The average molecular weight is 490 g/mol. The first-order valence-corrected chi connectivity index (χ1v) is 12.1. The largest absolute Gasteiger partial charge is 0.493 e. The van der Waals surface area contributed by atoms with Crippen molar-refractivity contribution in [3.63, 3.8) is 0 Å². The van der Waals surface area contributed by atoms with E-state index >= 15 is 0 Å². The summed E-state index contributed by atoms with van der Waals surface area (Å²) in [5.41, 5.74) is -1.15. The third kappa shape index (κ3) is 7.72. The number of carbonyl (C=O) groups excluding carboxylic acids is 1. The van der Waals surface area contributed by atoms with Crippen molar-refractivity contribution in [2.24, 2.45) is 5.92 Å². The molecule has 1 saturated carbocycles. The number of rotatable bonds is 11. The van der Waals surface area contributed by atoms with E-state index in [-0.39, 0.29) is 29.1 Å². The highest BCUT2D eigenvalue weighted by atomic mass is 19.1. The lowest BCUT2D eigenvalue weighted by Crippen LogP contribution is -2.25. The smallest absolute Gasteiger partial charge is 0.349 e.